The molecular weight excluding hydrogens is 287 g/mol. The average molecular weight is 295 g/mol. The fourth-order valence-electron chi connectivity index (χ4n) is 1.86. The molecule has 0 amide bonds. The smallest absolute Gasteiger partial charge is 0.298 e. The number of hydrogen-bond acceptors (Lipinski definition) is 3. The Bertz CT molecular complexity index is 711. The molecule has 0 heterocycles. The van der Waals surface area contributed by atoms with Crippen molar-refractivity contribution in [1.29, 1.82) is 0 Å². The van der Waals surface area contributed by atoms with Gasteiger partial charge in [0, 0.05) is 6.07 Å². The predicted molar refractivity (Wildman–Crippen MR) is 68.9 cm³/mol. The van der Waals surface area contributed by atoms with Crippen LogP contribution in [-0.4, -0.2) is 11.2 Å². The van der Waals surface area contributed by atoms with Gasteiger partial charge in [-0.1, -0.05) is 18.2 Å². The second kappa shape index (κ2) is 5.35. The molecule has 0 fully saturated rings. The van der Waals surface area contributed by atoms with E-state index in [9.17, 15) is 28.1 Å². The molecule has 0 N–H and O–H groups in total. The highest BCUT2D eigenvalue weighted by Crippen LogP contribution is 2.33. The number of nitro benzene ring substituents is 1. The van der Waals surface area contributed by atoms with E-state index in [1.165, 1.54) is 24.3 Å². The molecule has 2 aromatic rings. The minimum Gasteiger partial charge on any atom is -0.298 e. The van der Waals surface area contributed by atoms with Crippen molar-refractivity contribution >= 4 is 12.0 Å². The van der Waals surface area contributed by atoms with Crippen LogP contribution in [0.2, 0.25) is 0 Å². The van der Waals surface area contributed by atoms with E-state index < -0.39 is 22.4 Å². The van der Waals surface area contributed by atoms with Crippen LogP contribution in [0.15, 0.2) is 42.5 Å². The van der Waals surface area contributed by atoms with Gasteiger partial charge in [-0.3, -0.25) is 14.9 Å². The van der Waals surface area contributed by atoms with Gasteiger partial charge in [0.05, 0.1) is 16.1 Å². The quantitative estimate of drug-likeness (QED) is 0.486. The Morgan fingerprint density at radius 2 is 1.71 bits per heavy atom. The highest BCUT2D eigenvalue weighted by molar-refractivity contribution is 5.84. The van der Waals surface area contributed by atoms with E-state index in [2.05, 4.69) is 0 Å². The van der Waals surface area contributed by atoms with Crippen LogP contribution in [0, 0.1) is 10.1 Å². The lowest BCUT2D eigenvalue weighted by molar-refractivity contribution is -0.385. The van der Waals surface area contributed by atoms with Crippen molar-refractivity contribution in [3.63, 3.8) is 0 Å². The van der Waals surface area contributed by atoms with Crippen molar-refractivity contribution in [2.24, 2.45) is 0 Å². The summed E-state index contributed by atoms with van der Waals surface area (Å²) < 4.78 is 38.0. The lowest BCUT2D eigenvalue weighted by atomic mass is 10.0. The summed E-state index contributed by atoms with van der Waals surface area (Å²) in [6.07, 6.45) is -4.17. The number of alkyl halides is 3. The fourth-order valence-corrected chi connectivity index (χ4v) is 1.86. The standard InChI is InChI=1S/C14H8F3NO3/c15-14(16,17)12-3-1-2-9(6-12)10-4-5-11(8-19)13(7-10)18(20)21/h1-8H. The van der Waals surface area contributed by atoms with E-state index in [0.29, 0.717) is 6.29 Å². The van der Waals surface area contributed by atoms with Gasteiger partial charge in [-0.05, 0) is 29.3 Å². The molecule has 2 aromatic carbocycles. The molecule has 2 rings (SSSR count). The van der Waals surface area contributed by atoms with Crippen molar-refractivity contribution in [3.8, 4) is 11.1 Å². The third kappa shape index (κ3) is 3.07. The molecule has 21 heavy (non-hydrogen) atoms. The molecule has 0 saturated carbocycles. The molecule has 0 spiro atoms. The van der Waals surface area contributed by atoms with Gasteiger partial charge in [0.25, 0.3) is 5.69 Å². The second-order valence-corrected chi connectivity index (χ2v) is 4.23. The van der Waals surface area contributed by atoms with Crippen LogP contribution in [0.1, 0.15) is 15.9 Å². The van der Waals surface area contributed by atoms with Gasteiger partial charge in [0.1, 0.15) is 0 Å². The van der Waals surface area contributed by atoms with E-state index in [4.69, 9.17) is 0 Å². The van der Waals surface area contributed by atoms with Gasteiger partial charge < -0.3 is 0 Å². The number of carbonyl (C=O) groups excluding carboxylic acids is 1. The summed E-state index contributed by atoms with van der Waals surface area (Å²) in [7, 11) is 0. The summed E-state index contributed by atoms with van der Waals surface area (Å²) in [6, 6.07) is 8.11. The normalized spacial score (nSPS) is 11.2. The number of aldehydes is 1. The Labute approximate surface area is 117 Å². The third-order valence-corrected chi connectivity index (χ3v) is 2.88. The van der Waals surface area contributed by atoms with Crippen LogP contribution in [0.5, 0.6) is 0 Å². The lowest BCUT2D eigenvalue weighted by Gasteiger charge is -2.09. The van der Waals surface area contributed by atoms with Gasteiger partial charge >= 0.3 is 6.18 Å². The maximum Gasteiger partial charge on any atom is 0.416 e. The molecule has 0 radical (unpaired) electrons. The van der Waals surface area contributed by atoms with Gasteiger partial charge in [0.15, 0.2) is 6.29 Å². The van der Waals surface area contributed by atoms with E-state index in [1.807, 2.05) is 0 Å². The highest BCUT2D eigenvalue weighted by Gasteiger charge is 2.30. The summed E-state index contributed by atoms with van der Waals surface area (Å²) in [6.45, 7) is 0. The summed E-state index contributed by atoms with van der Waals surface area (Å²) >= 11 is 0. The first-order valence-electron chi connectivity index (χ1n) is 5.74. The number of carbonyl (C=O) groups is 1. The summed E-state index contributed by atoms with van der Waals surface area (Å²) in [4.78, 5) is 20.8. The zero-order chi connectivity index (χ0) is 15.6. The molecule has 0 aromatic heterocycles. The Hall–Kier alpha value is -2.70. The Morgan fingerprint density at radius 3 is 2.29 bits per heavy atom. The minimum absolute atomic E-state index is 0.129. The number of halogens is 3. The van der Waals surface area contributed by atoms with E-state index in [0.717, 1.165) is 18.2 Å². The third-order valence-electron chi connectivity index (χ3n) is 2.88. The van der Waals surface area contributed by atoms with Crippen molar-refractivity contribution in [2.45, 2.75) is 6.18 Å². The van der Waals surface area contributed by atoms with Crippen molar-refractivity contribution in [2.75, 3.05) is 0 Å². The SMILES string of the molecule is O=Cc1ccc(-c2cccc(C(F)(F)F)c2)cc1[N+](=O)[O-]. The summed E-state index contributed by atoms with van der Waals surface area (Å²) in [5.41, 5.74) is -0.999. The van der Waals surface area contributed by atoms with Gasteiger partial charge in [-0.15, -0.1) is 0 Å². The minimum atomic E-state index is -4.50. The van der Waals surface area contributed by atoms with Crippen molar-refractivity contribution in [1.82, 2.24) is 0 Å². The number of nitrogens with zero attached hydrogens (tertiary/aromatic N) is 1. The highest BCUT2D eigenvalue weighted by atomic mass is 19.4. The molecule has 108 valence electrons. The average Bonchev–Trinajstić information content (AvgIpc) is 2.45. The maximum atomic E-state index is 12.7. The van der Waals surface area contributed by atoms with Crippen LogP contribution in [-0.2, 0) is 6.18 Å². The number of benzene rings is 2. The van der Waals surface area contributed by atoms with Gasteiger partial charge in [-0.25, -0.2) is 0 Å². The first-order chi connectivity index (χ1) is 9.82. The largest absolute Gasteiger partial charge is 0.416 e. The van der Waals surface area contributed by atoms with Gasteiger partial charge in [-0.2, -0.15) is 13.2 Å². The van der Waals surface area contributed by atoms with E-state index in [1.54, 1.807) is 0 Å². The molecule has 0 unspecified atom stereocenters. The topological polar surface area (TPSA) is 60.2 Å². The first-order valence-corrected chi connectivity index (χ1v) is 5.74. The maximum absolute atomic E-state index is 12.7. The molecule has 4 nitrogen and oxygen atoms in total. The van der Waals surface area contributed by atoms with E-state index in [-0.39, 0.29) is 16.7 Å². The molecule has 0 aliphatic heterocycles. The van der Waals surface area contributed by atoms with Crippen LogP contribution < -0.4 is 0 Å². The molecule has 0 aliphatic carbocycles. The second-order valence-electron chi connectivity index (χ2n) is 4.23. The predicted octanol–water partition coefficient (Wildman–Crippen LogP) is 4.09. The molecular formula is C14H8F3NO3. The van der Waals surface area contributed by atoms with Crippen LogP contribution in [0.3, 0.4) is 0 Å². The zero-order valence-corrected chi connectivity index (χ0v) is 10.4. The monoisotopic (exact) mass is 295 g/mol. The Kier molecular flexibility index (Phi) is 3.75. The van der Waals surface area contributed by atoms with Crippen LogP contribution in [0.25, 0.3) is 11.1 Å². The molecule has 0 atom stereocenters. The Morgan fingerprint density at radius 1 is 1.05 bits per heavy atom. The van der Waals surface area contributed by atoms with E-state index >= 15 is 0 Å². The molecule has 0 bridgehead atoms. The lowest BCUT2D eigenvalue weighted by Crippen LogP contribution is -2.04. The fraction of sp³-hybridized carbons (Fsp3) is 0.0714. The number of nitro groups is 1. The number of rotatable bonds is 3. The summed E-state index contributed by atoms with van der Waals surface area (Å²) in [5.74, 6) is 0. The van der Waals surface area contributed by atoms with Gasteiger partial charge in [0.2, 0.25) is 0 Å². The van der Waals surface area contributed by atoms with Crippen LogP contribution in [0.4, 0.5) is 18.9 Å². The van der Waals surface area contributed by atoms with Crippen molar-refractivity contribution in [3.05, 3.63) is 63.7 Å². The number of hydrogen-bond donors (Lipinski definition) is 0. The summed E-state index contributed by atoms with van der Waals surface area (Å²) in [5, 5.41) is 10.9. The molecule has 0 aliphatic rings. The molecule has 0 saturated heterocycles. The first kappa shape index (κ1) is 14.7. The molecule has 7 heteroatoms. The Balaban J connectivity index is 2.55. The van der Waals surface area contributed by atoms with Crippen molar-refractivity contribution < 1.29 is 22.9 Å². The van der Waals surface area contributed by atoms with Crippen LogP contribution >= 0.6 is 0 Å². The zero-order valence-electron chi connectivity index (χ0n) is 10.4.